The van der Waals surface area contributed by atoms with Gasteiger partial charge < -0.3 is 14.6 Å². The number of nitriles is 1. The SMILES string of the molecule is C[C@@](O)(C=O)COc1ccc(C#N)cc1. The van der Waals surface area contributed by atoms with Gasteiger partial charge in [0.1, 0.15) is 12.4 Å². The molecule has 0 spiro atoms. The molecule has 15 heavy (non-hydrogen) atoms. The molecule has 0 bridgehead atoms. The van der Waals surface area contributed by atoms with Crippen molar-refractivity contribution in [3.63, 3.8) is 0 Å². The fraction of sp³-hybridized carbons (Fsp3) is 0.273. The molecule has 78 valence electrons. The smallest absolute Gasteiger partial charge is 0.154 e. The average Bonchev–Trinajstić information content (AvgIpc) is 2.27. The van der Waals surface area contributed by atoms with Crippen LogP contribution in [0.2, 0.25) is 0 Å². The highest BCUT2D eigenvalue weighted by Gasteiger charge is 2.19. The Kier molecular flexibility index (Phi) is 3.42. The normalized spacial score (nSPS) is 13.7. The second kappa shape index (κ2) is 4.58. The fourth-order valence-electron chi connectivity index (χ4n) is 0.889. The summed E-state index contributed by atoms with van der Waals surface area (Å²) in [4.78, 5) is 10.4. The third-order valence-electron chi connectivity index (χ3n) is 1.77. The summed E-state index contributed by atoms with van der Waals surface area (Å²) in [7, 11) is 0. The van der Waals surface area contributed by atoms with Gasteiger partial charge in [0, 0.05) is 0 Å². The Labute approximate surface area is 87.7 Å². The number of hydrogen-bond donors (Lipinski definition) is 1. The van der Waals surface area contributed by atoms with Crippen molar-refractivity contribution < 1.29 is 14.6 Å². The van der Waals surface area contributed by atoms with Crippen LogP contribution >= 0.6 is 0 Å². The second-order valence-corrected chi connectivity index (χ2v) is 3.40. The topological polar surface area (TPSA) is 70.3 Å². The Morgan fingerprint density at radius 2 is 2.13 bits per heavy atom. The van der Waals surface area contributed by atoms with Crippen molar-refractivity contribution in [3.05, 3.63) is 29.8 Å². The van der Waals surface area contributed by atoms with Crippen LogP contribution < -0.4 is 4.74 Å². The molecule has 0 saturated heterocycles. The van der Waals surface area contributed by atoms with Crippen LogP contribution in [0.1, 0.15) is 12.5 Å². The molecule has 0 saturated carbocycles. The zero-order valence-corrected chi connectivity index (χ0v) is 8.30. The summed E-state index contributed by atoms with van der Waals surface area (Å²) in [6.45, 7) is 1.26. The molecule has 0 aliphatic rings. The van der Waals surface area contributed by atoms with Crippen LogP contribution in [0.3, 0.4) is 0 Å². The number of carbonyl (C=O) groups is 1. The van der Waals surface area contributed by atoms with Gasteiger partial charge in [0.25, 0.3) is 0 Å². The van der Waals surface area contributed by atoms with E-state index in [9.17, 15) is 9.90 Å². The van der Waals surface area contributed by atoms with Crippen LogP contribution in [-0.2, 0) is 4.79 Å². The predicted molar refractivity (Wildman–Crippen MR) is 53.3 cm³/mol. The van der Waals surface area contributed by atoms with Gasteiger partial charge in [-0.2, -0.15) is 5.26 Å². The Bertz CT molecular complexity index is 376. The molecule has 0 radical (unpaired) electrons. The maximum Gasteiger partial charge on any atom is 0.154 e. The van der Waals surface area contributed by atoms with Gasteiger partial charge in [0.05, 0.1) is 11.6 Å². The largest absolute Gasteiger partial charge is 0.490 e. The van der Waals surface area contributed by atoms with E-state index in [1.54, 1.807) is 24.3 Å². The molecule has 0 aliphatic heterocycles. The summed E-state index contributed by atoms with van der Waals surface area (Å²) in [5, 5.41) is 17.9. The lowest BCUT2D eigenvalue weighted by molar-refractivity contribution is -0.125. The van der Waals surface area contributed by atoms with Gasteiger partial charge in [-0.15, -0.1) is 0 Å². The van der Waals surface area contributed by atoms with Crippen molar-refractivity contribution in [2.45, 2.75) is 12.5 Å². The third-order valence-corrected chi connectivity index (χ3v) is 1.77. The summed E-state index contributed by atoms with van der Waals surface area (Å²) in [6, 6.07) is 8.40. The van der Waals surface area contributed by atoms with E-state index < -0.39 is 5.60 Å². The Morgan fingerprint density at radius 1 is 1.53 bits per heavy atom. The molecule has 1 N–H and O–H groups in total. The molecule has 0 fully saturated rings. The molecule has 4 heteroatoms. The quantitative estimate of drug-likeness (QED) is 0.741. The summed E-state index contributed by atoms with van der Waals surface area (Å²) >= 11 is 0. The molecule has 1 aromatic rings. The first-order valence-electron chi connectivity index (χ1n) is 4.39. The zero-order chi connectivity index (χ0) is 11.3. The molecule has 1 aromatic carbocycles. The van der Waals surface area contributed by atoms with Crippen LogP contribution in [0.25, 0.3) is 0 Å². The average molecular weight is 205 g/mol. The van der Waals surface area contributed by atoms with Crippen molar-refractivity contribution in [3.8, 4) is 11.8 Å². The van der Waals surface area contributed by atoms with E-state index in [4.69, 9.17) is 10.00 Å². The van der Waals surface area contributed by atoms with Gasteiger partial charge in [-0.3, -0.25) is 0 Å². The van der Waals surface area contributed by atoms with Gasteiger partial charge in [-0.05, 0) is 31.2 Å². The van der Waals surface area contributed by atoms with E-state index >= 15 is 0 Å². The van der Waals surface area contributed by atoms with E-state index in [0.29, 0.717) is 17.6 Å². The summed E-state index contributed by atoms with van der Waals surface area (Å²) in [6.07, 6.45) is 0.427. The predicted octanol–water partition coefficient (Wildman–Crippen LogP) is 0.887. The van der Waals surface area contributed by atoms with Crippen molar-refractivity contribution in [1.29, 1.82) is 5.26 Å². The molecule has 0 aromatic heterocycles. The maximum atomic E-state index is 10.4. The highest BCUT2D eigenvalue weighted by atomic mass is 16.5. The number of aliphatic hydroxyl groups is 1. The van der Waals surface area contributed by atoms with E-state index in [1.807, 2.05) is 6.07 Å². The van der Waals surface area contributed by atoms with Gasteiger partial charge in [0.15, 0.2) is 11.9 Å². The number of aldehydes is 1. The first-order chi connectivity index (χ1) is 7.07. The van der Waals surface area contributed by atoms with E-state index in [0.717, 1.165) is 0 Å². The molecule has 0 heterocycles. The molecule has 0 unspecified atom stereocenters. The number of nitrogens with zero attached hydrogens (tertiary/aromatic N) is 1. The highest BCUT2D eigenvalue weighted by molar-refractivity contribution is 5.61. The monoisotopic (exact) mass is 205 g/mol. The molecule has 0 amide bonds. The highest BCUT2D eigenvalue weighted by Crippen LogP contribution is 2.13. The molecule has 4 nitrogen and oxygen atoms in total. The molecule has 1 rings (SSSR count). The zero-order valence-electron chi connectivity index (χ0n) is 8.30. The van der Waals surface area contributed by atoms with E-state index in [1.165, 1.54) is 6.92 Å². The Balaban J connectivity index is 2.59. The Hall–Kier alpha value is -1.86. The first-order valence-corrected chi connectivity index (χ1v) is 4.39. The van der Waals surface area contributed by atoms with Crippen LogP contribution in [0.4, 0.5) is 0 Å². The summed E-state index contributed by atoms with van der Waals surface area (Å²) in [5.74, 6) is 0.510. The summed E-state index contributed by atoms with van der Waals surface area (Å²) in [5.41, 5.74) is -0.946. The van der Waals surface area contributed by atoms with Crippen LogP contribution in [0.5, 0.6) is 5.75 Å². The number of carbonyl (C=O) groups excluding carboxylic acids is 1. The summed E-state index contributed by atoms with van der Waals surface area (Å²) < 4.78 is 5.17. The molecule has 1 atom stereocenters. The molecular formula is C11H11NO3. The molecular weight excluding hydrogens is 194 g/mol. The van der Waals surface area contributed by atoms with Crippen LogP contribution in [0.15, 0.2) is 24.3 Å². The molecule has 0 aliphatic carbocycles. The minimum Gasteiger partial charge on any atom is -0.490 e. The lowest BCUT2D eigenvalue weighted by atomic mass is 10.1. The third kappa shape index (κ3) is 3.41. The van der Waals surface area contributed by atoms with Crippen molar-refractivity contribution in [2.75, 3.05) is 6.61 Å². The first kappa shape index (κ1) is 11.2. The van der Waals surface area contributed by atoms with Crippen molar-refractivity contribution in [1.82, 2.24) is 0 Å². The standard InChI is InChI=1S/C11H11NO3/c1-11(14,7-13)8-15-10-4-2-9(6-12)3-5-10/h2-5,7,14H,8H2,1H3/t11-/m1/s1. The van der Waals surface area contributed by atoms with Crippen LogP contribution in [-0.4, -0.2) is 23.6 Å². The van der Waals surface area contributed by atoms with E-state index in [2.05, 4.69) is 0 Å². The minimum atomic E-state index is -1.48. The maximum absolute atomic E-state index is 10.4. The van der Waals surface area contributed by atoms with Gasteiger partial charge in [-0.1, -0.05) is 0 Å². The van der Waals surface area contributed by atoms with Gasteiger partial charge in [-0.25, -0.2) is 0 Å². The second-order valence-electron chi connectivity index (χ2n) is 3.40. The number of rotatable bonds is 4. The van der Waals surface area contributed by atoms with E-state index in [-0.39, 0.29) is 6.61 Å². The van der Waals surface area contributed by atoms with Crippen molar-refractivity contribution >= 4 is 6.29 Å². The number of ether oxygens (including phenoxy) is 1. The number of hydrogen-bond acceptors (Lipinski definition) is 4. The lowest BCUT2D eigenvalue weighted by Gasteiger charge is -2.16. The van der Waals surface area contributed by atoms with Crippen LogP contribution in [0, 0.1) is 11.3 Å². The minimum absolute atomic E-state index is 0.109. The fourth-order valence-corrected chi connectivity index (χ4v) is 0.889. The van der Waals surface area contributed by atoms with Gasteiger partial charge in [0.2, 0.25) is 0 Å². The Morgan fingerprint density at radius 3 is 2.60 bits per heavy atom. The lowest BCUT2D eigenvalue weighted by Crippen LogP contribution is -2.33. The number of benzene rings is 1. The van der Waals surface area contributed by atoms with Crippen molar-refractivity contribution in [2.24, 2.45) is 0 Å². The van der Waals surface area contributed by atoms with Gasteiger partial charge >= 0.3 is 0 Å².